The molecule has 3 heterocycles. The van der Waals surface area contributed by atoms with Crippen LogP contribution in [0.3, 0.4) is 0 Å². The lowest BCUT2D eigenvalue weighted by Crippen LogP contribution is -2.41. The number of aliphatic carboxylic acids is 1. The molecule has 2 N–H and O–H groups in total. The van der Waals surface area contributed by atoms with Crippen molar-refractivity contribution in [2.45, 2.75) is 64.6 Å². The highest BCUT2D eigenvalue weighted by molar-refractivity contribution is 7.17. The van der Waals surface area contributed by atoms with Crippen molar-refractivity contribution in [2.75, 3.05) is 11.9 Å². The van der Waals surface area contributed by atoms with E-state index in [-0.39, 0.29) is 18.6 Å². The lowest BCUT2D eigenvalue weighted by Gasteiger charge is -2.23. The van der Waals surface area contributed by atoms with Gasteiger partial charge in [-0.2, -0.15) is 0 Å². The first-order valence-electron chi connectivity index (χ1n) is 10.4. The highest BCUT2D eigenvalue weighted by Crippen LogP contribution is 2.45. The van der Waals surface area contributed by atoms with Crippen LogP contribution in [0.2, 0.25) is 0 Å². The first-order chi connectivity index (χ1) is 13.9. The minimum Gasteiger partial charge on any atom is -0.481 e. The standard InChI is InChI=1S/C21H27NO6S/c1-3-10-5-6-11-14(9-10)29-19(15(11)21(26)27-4-2)22-18(23)16-12-7-8-13(28-12)17(16)20(24)25/h10,12-13,16-17H,3-9H2,1-2H3,(H,22,23)(H,24,25)/t10-,12-,13+,16+,17-/m0/s1. The van der Waals surface area contributed by atoms with Crippen molar-refractivity contribution in [2.24, 2.45) is 17.8 Å². The Morgan fingerprint density at radius 2 is 1.90 bits per heavy atom. The number of carbonyl (C=O) groups excluding carboxylic acids is 2. The highest BCUT2D eigenvalue weighted by Gasteiger charge is 2.55. The molecule has 8 heteroatoms. The van der Waals surface area contributed by atoms with Crippen LogP contribution in [0, 0.1) is 17.8 Å². The summed E-state index contributed by atoms with van der Waals surface area (Å²) in [6.45, 7) is 4.18. The summed E-state index contributed by atoms with van der Waals surface area (Å²) in [5.74, 6) is -2.79. The number of carboxylic acid groups (broad SMARTS) is 1. The summed E-state index contributed by atoms with van der Waals surface area (Å²) in [5, 5.41) is 13.0. The summed E-state index contributed by atoms with van der Waals surface area (Å²) in [6.07, 6.45) is 4.38. The molecule has 1 aromatic heterocycles. The average Bonchev–Trinajstić information content (AvgIpc) is 3.39. The Bertz CT molecular complexity index is 833. The van der Waals surface area contributed by atoms with E-state index in [1.807, 2.05) is 0 Å². The molecule has 2 bridgehead atoms. The number of ether oxygens (including phenoxy) is 2. The second-order valence-electron chi connectivity index (χ2n) is 8.11. The summed E-state index contributed by atoms with van der Waals surface area (Å²) in [6, 6.07) is 0. The second-order valence-corrected chi connectivity index (χ2v) is 9.22. The van der Waals surface area contributed by atoms with E-state index in [0.717, 1.165) is 36.1 Å². The van der Waals surface area contributed by atoms with Crippen molar-refractivity contribution in [3.8, 4) is 0 Å². The summed E-state index contributed by atoms with van der Waals surface area (Å²) < 4.78 is 11.0. The van der Waals surface area contributed by atoms with E-state index in [2.05, 4.69) is 12.2 Å². The molecule has 2 saturated heterocycles. The number of rotatable bonds is 6. The fourth-order valence-electron chi connectivity index (χ4n) is 5.03. The lowest BCUT2D eigenvalue weighted by atomic mass is 9.78. The van der Waals surface area contributed by atoms with E-state index in [1.54, 1.807) is 6.92 Å². The molecular weight excluding hydrogens is 394 g/mol. The van der Waals surface area contributed by atoms with Gasteiger partial charge >= 0.3 is 11.9 Å². The Balaban J connectivity index is 1.62. The van der Waals surface area contributed by atoms with Gasteiger partial charge in [-0.25, -0.2) is 4.79 Å². The Morgan fingerprint density at radius 3 is 2.55 bits per heavy atom. The Hall–Kier alpha value is -1.93. The molecular formula is C21H27NO6S. The maximum atomic E-state index is 13.1. The van der Waals surface area contributed by atoms with Crippen LogP contribution in [0.25, 0.3) is 0 Å². The van der Waals surface area contributed by atoms with Gasteiger partial charge < -0.3 is 19.9 Å². The quantitative estimate of drug-likeness (QED) is 0.684. The molecule has 158 valence electrons. The van der Waals surface area contributed by atoms with Gasteiger partial charge in [0, 0.05) is 4.88 Å². The minimum absolute atomic E-state index is 0.260. The number of amides is 1. The van der Waals surface area contributed by atoms with Crippen LogP contribution >= 0.6 is 11.3 Å². The number of fused-ring (bicyclic) bond motifs is 3. The van der Waals surface area contributed by atoms with E-state index in [1.165, 1.54) is 11.3 Å². The predicted octanol–water partition coefficient (Wildman–Crippen LogP) is 3.26. The van der Waals surface area contributed by atoms with Crippen molar-refractivity contribution in [1.82, 2.24) is 0 Å². The third-order valence-electron chi connectivity index (χ3n) is 6.52. The molecule has 0 unspecified atom stereocenters. The van der Waals surface area contributed by atoms with Gasteiger partial charge in [-0.3, -0.25) is 9.59 Å². The molecule has 3 aliphatic rings. The SMILES string of the molecule is CCOC(=O)c1c(NC(=O)[C@H]2[C@@H](C(=O)O)[C@H]3CC[C@@H]2O3)sc2c1CC[C@H](CC)C2. The van der Waals surface area contributed by atoms with Crippen LogP contribution < -0.4 is 5.32 Å². The van der Waals surface area contributed by atoms with Crippen molar-refractivity contribution >= 4 is 34.2 Å². The average molecular weight is 422 g/mol. The topological polar surface area (TPSA) is 102 Å². The summed E-state index contributed by atoms with van der Waals surface area (Å²) in [7, 11) is 0. The van der Waals surface area contributed by atoms with Crippen LogP contribution in [0.5, 0.6) is 0 Å². The first-order valence-corrected chi connectivity index (χ1v) is 11.3. The fourth-order valence-corrected chi connectivity index (χ4v) is 6.38. The van der Waals surface area contributed by atoms with Crippen LogP contribution in [-0.2, 0) is 31.9 Å². The Labute approximate surface area is 173 Å². The molecule has 0 spiro atoms. The maximum absolute atomic E-state index is 13.1. The van der Waals surface area contributed by atoms with Gasteiger partial charge in [0.05, 0.1) is 36.2 Å². The van der Waals surface area contributed by atoms with Gasteiger partial charge in [0.15, 0.2) is 0 Å². The van der Waals surface area contributed by atoms with Gasteiger partial charge in [0.1, 0.15) is 5.00 Å². The molecule has 0 saturated carbocycles. The van der Waals surface area contributed by atoms with Gasteiger partial charge in [0.2, 0.25) is 5.91 Å². The second kappa shape index (κ2) is 8.07. The Kier molecular flexibility index (Phi) is 5.66. The maximum Gasteiger partial charge on any atom is 0.341 e. The molecule has 2 fully saturated rings. The van der Waals surface area contributed by atoms with E-state index in [0.29, 0.717) is 29.3 Å². The molecule has 0 radical (unpaired) electrons. The van der Waals surface area contributed by atoms with Gasteiger partial charge in [-0.15, -0.1) is 11.3 Å². The number of esters is 1. The van der Waals surface area contributed by atoms with E-state index >= 15 is 0 Å². The van der Waals surface area contributed by atoms with Gasteiger partial charge in [0.25, 0.3) is 0 Å². The van der Waals surface area contributed by atoms with Crippen molar-refractivity contribution in [3.05, 3.63) is 16.0 Å². The van der Waals surface area contributed by atoms with Crippen LogP contribution in [0.15, 0.2) is 0 Å². The monoisotopic (exact) mass is 421 g/mol. The largest absolute Gasteiger partial charge is 0.481 e. The third-order valence-corrected chi connectivity index (χ3v) is 7.69. The molecule has 1 amide bonds. The van der Waals surface area contributed by atoms with Crippen molar-refractivity contribution in [3.63, 3.8) is 0 Å². The van der Waals surface area contributed by atoms with Gasteiger partial charge in [-0.1, -0.05) is 13.3 Å². The predicted molar refractivity (Wildman–Crippen MR) is 107 cm³/mol. The lowest BCUT2D eigenvalue weighted by molar-refractivity contribution is -0.147. The zero-order valence-corrected chi connectivity index (χ0v) is 17.5. The molecule has 29 heavy (non-hydrogen) atoms. The fraction of sp³-hybridized carbons (Fsp3) is 0.667. The van der Waals surface area contributed by atoms with Crippen molar-refractivity contribution in [1.29, 1.82) is 0 Å². The summed E-state index contributed by atoms with van der Waals surface area (Å²) >= 11 is 1.43. The molecule has 2 aliphatic heterocycles. The number of thiophene rings is 1. The molecule has 1 aliphatic carbocycles. The van der Waals surface area contributed by atoms with E-state index < -0.39 is 29.9 Å². The molecule has 5 atom stereocenters. The van der Waals surface area contributed by atoms with Crippen LogP contribution in [0.1, 0.15) is 60.3 Å². The van der Waals surface area contributed by atoms with Crippen LogP contribution in [-0.4, -0.2) is 41.8 Å². The third kappa shape index (κ3) is 3.57. The van der Waals surface area contributed by atoms with E-state index in [4.69, 9.17) is 9.47 Å². The smallest absolute Gasteiger partial charge is 0.341 e. The summed E-state index contributed by atoms with van der Waals surface area (Å²) in [4.78, 5) is 38.6. The number of carbonyl (C=O) groups is 3. The van der Waals surface area contributed by atoms with Crippen LogP contribution in [0.4, 0.5) is 5.00 Å². The highest BCUT2D eigenvalue weighted by atomic mass is 32.1. The minimum atomic E-state index is -1.00. The molecule has 4 rings (SSSR count). The van der Waals surface area contributed by atoms with Gasteiger partial charge in [-0.05, 0) is 50.5 Å². The van der Waals surface area contributed by atoms with E-state index in [9.17, 15) is 19.5 Å². The number of carboxylic acids is 1. The zero-order chi connectivity index (χ0) is 20.7. The number of hydrogen-bond acceptors (Lipinski definition) is 6. The number of hydrogen-bond donors (Lipinski definition) is 2. The normalized spacial score (nSPS) is 30.1. The number of anilines is 1. The Morgan fingerprint density at radius 1 is 1.17 bits per heavy atom. The molecule has 7 nitrogen and oxygen atoms in total. The molecule has 0 aromatic carbocycles. The molecule has 1 aromatic rings. The van der Waals surface area contributed by atoms with Crippen molar-refractivity contribution < 1.29 is 29.0 Å². The first kappa shape index (κ1) is 20.3. The number of nitrogens with one attached hydrogen (secondary N) is 1. The zero-order valence-electron chi connectivity index (χ0n) is 16.7. The summed E-state index contributed by atoms with van der Waals surface area (Å²) in [5.41, 5.74) is 1.43.